The average Bonchev–Trinajstić information content (AvgIpc) is 2.74. The number of rotatable bonds is 7. The molecule has 3 aromatic rings. The van der Waals surface area contributed by atoms with Gasteiger partial charge < -0.3 is 9.47 Å². The number of aryl methyl sites for hydroxylation is 1. The molecule has 1 atom stereocenters. The van der Waals surface area contributed by atoms with Crippen molar-refractivity contribution in [1.29, 1.82) is 0 Å². The molecular formula is C23H25NO4S. The maximum Gasteiger partial charge on any atom is 0.264 e. The standard InChI is InChI=1S/C23H25NO4S/c1-17-6-5-7-19(16-17)18(2)24(20-8-10-21(27-3)11-9-20)29(25,26)23-14-12-22(28-4)13-15-23/h5-16,18H,1-4H3. The first-order chi connectivity index (χ1) is 13.9. The molecule has 3 aromatic carbocycles. The molecule has 6 heteroatoms. The highest BCUT2D eigenvalue weighted by Gasteiger charge is 2.30. The fraction of sp³-hybridized carbons (Fsp3) is 0.217. The second kappa shape index (κ2) is 8.57. The Kier molecular flexibility index (Phi) is 6.13. The monoisotopic (exact) mass is 411 g/mol. The lowest BCUT2D eigenvalue weighted by Crippen LogP contribution is -2.33. The van der Waals surface area contributed by atoms with Gasteiger partial charge in [-0.1, -0.05) is 29.8 Å². The van der Waals surface area contributed by atoms with Crippen LogP contribution in [-0.4, -0.2) is 22.6 Å². The Morgan fingerprint density at radius 1 is 0.828 bits per heavy atom. The van der Waals surface area contributed by atoms with Crippen molar-refractivity contribution in [2.45, 2.75) is 24.8 Å². The third-order valence-corrected chi connectivity index (χ3v) is 6.73. The molecule has 3 rings (SSSR count). The molecule has 0 heterocycles. The minimum absolute atomic E-state index is 0.202. The van der Waals surface area contributed by atoms with Crippen molar-refractivity contribution >= 4 is 15.7 Å². The Labute approximate surface area is 172 Å². The summed E-state index contributed by atoms with van der Waals surface area (Å²) in [4.78, 5) is 0.202. The van der Waals surface area contributed by atoms with Crippen LogP contribution in [0.15, 0.2) is 77.7 Å². The number of hydrogen-bond acceptors (Lipinski definition) is 4. The van der Waals surface area contributed by atoms with E-state index in [-0.39, 0.29) is 4.90 Å². The lowest BCUT2D eigenvalue weighted by Gasteiger charge is -2.31. The third kappa shape index (κ3) is 4.38. The predicted octanol–water partition coefficient (Wildman–Crippen LogP) is 4.97. The molecule has 5 nitrogen and oxygen atoms in total. The van der Waals surface area contributed by atoms with E-state index in [1.807, 2.05) is 38.1 Å². The summed E-state index contributed by atoms with van der Waals surface area (Å²) in [5.74, 6) is 1.27. The molecule has 0 spiro atoms. The molecule has 29 heavy (non-hydrogen) atoms. The number of methoxy groups -OCH3 is 2. The summed E-state index contributed by atoms with van der Waals surface area (Å²) in [6, 6.07) is 20.9. The van der Waals surface area contributed by atoms with Crippen LogP contribution in [0, 0.1) is 6.92 Å². The van der Waals surface area contributed by atoms with Gasteiger partial charge in [0.05, 0.1) is 30.8 Å². The van der Waals surface area contributed by atoms with Crippen molar-refractivity contribution in [2.24, 2.45) is 0 Å². The summed E-state index contributed by atoms with van der Waals surface area (Å²) >= 11 is 0. The quantitative estimate of drug-likeness (QED) is 0.551. The van der Waals surface area contributed by atoms with Crippen LogP contribution < -0.4 is 13.8 Å². The van der Waals surface area contributed by atoms with Gasteiger partial charge >= 0.3 is 0 Å². The van der Waals surface area contributed by atoms with Crippen LogP contribution in [0.3, 0.4) is 0 Å². The molecule has 0 aromatic heterocycles. The van der Waals surface area contributed by atoms with Crippen LogP contribution in [0.5, 0.6) is 11.5 Å². The topological polar surface area (TPSA) is 55.8 Å². The predicted molar refractivity (Wildman–Crippen MR) is 115 cm³/mol. The van der Waals surface area contributed by atoms with Crippen molar-refractivity contribution in [2.75, 3.05) is 18.5 Å². The van der Waals surface area contributed by atoms with E-state index in [1.165, 1.54) is 4.31 Å². The maximum atomic E-state index is 13.6. The van der Waals surface area contributed by atoms with E-state index in [9.17, 15) is 8.42 Å². The molecule has 0 radical (unpaired) electrons. The average molecular weight is 412 g/mol. The molecular weight excluding hydrogens is 386 g/mol. The Morgan fingerprint density at radius 3 is 1.90 bits per heavy atom. The minimum atomic E-state index is -3.82. The lowest BCUT2D eigenvalue weighted by molar-refractivity contribution is 0.414. The van der Waals surface area contributed by atoms with E-state index in [4.69, 9.17) is 9.47 Å². The van der Waals surface area contributed by atoms with Crippen molar-refractivity contribution in [1.82, 2.24) is 0 Å². The van der Waals surface area contributed by atoms with Crippen LogP contribution in [-0.2, 0) is 10.0 Å². The number of hydrogen-bond donors (Lipinski definition) is 0. The smallest absolute Gasteiger partial charge is 0.264 e. The summed E-state index contributed by atoms with van der Waals surface area (Å²) in [5, 5.41) is 0. The second-order valence-electron chi connectivity index (χ2n) is 6.76. The van der Waals surface area contributed by atoms with Gasteiger partial charge in [-0.05, 0) is 67.9 Å². The first-order valence-corrected chi connectivity index (χ1v) is 10.7. The molecule has 0 aliphatic carbocycles. The van der Waals surface area contributed by atoms with Crippen molar-refractivity contribution < 1.29 is 17.9 Å². The first kappa shape index (κ1) is 20.7. The molecule has 152 valence electrons. The van der Waals surface area contributed by atoms with Gasteiger partial charge in [-0.15, -0.1) is 0 Å². The summed E-state index contributed by atoms with van der Waals surface area (Å²) in [6.45, 7) is 3.88. The summed E-state index contributed by atoms with van der Waals surface area (Å²) in [7, 11) is -0.694. The highest BCUT2D eigenvalue weighted by molar-refractivity contribution is 7.92. The van der Waals surface area contributed by atoms with Gasteiger partial charge in [-0.2, -0.15) is 0 Å². The van der Waals surface area contributed by atoms with Gasteiger partial charge in [0.2, 0.25) is 0 Å². The van der Waals surface area contributed by atoms with Gasteiger partial charge in [0.15, 0.2) is 0 Å². The van der Waals surface area contributed by atoms with Crippen molar-refractivity contribution in [3.63, 3.8) is 0 Å². The number of nitrogens with zero attached hydrogens (tertiary/aromatic N) is 1. The summed E-state index contributed by atoms with van der Waals surface area (Å²) in [6.07, 6.45) is 0. The zero-order valence-electron chi connectivity index (χ0n) is 17.0. The van der Waals surface area contributed by atoms with Crippen molar-refractivity contribution in [3.8, 4) is 11.5 Å². The van der Waals surface area contributed by atoms with Gasteiger partial charge in [0.1, 0.15) is 11.5 Å². The molecule has 0 bridgehead atoms. The molecule has 1 unspecified atom stereocenters. The molecule has 0 fully saturated rings. The van der Waals surface area contributed by atoms with Crippen molar-refractivity contribution in [3.05, 3.63) is 83.9 Å². The fourth-order valence-electron chi connectivity index (χ4n) is 3.23. The number of anilines is 1. The van der Waals surface area contributed by atoms with E-state index >= 15 is 0 Å². The van der Waals surface area contributed by atoms with Crippen LogP contribution in [0.25, 0.3) is 0 Å². The Bertz CT molecular complexity index is 1060. The highest BCUT2D eigenvalue weighted by atomic mass is 32.2. The molecule has 0 saturated heterocycles. The summed E-state index contributed by atoms with van der Waals surface area (Å²) < 4.78 is 39.1. The highest BCUT2D eigenvalue weighted by Crippen LogP contribution is 2.34. The number of sulfonamides is 1. The Hall–Kier alpha value is -2.99. The van der Waals surface area contributed by atoms with Crippen LogP contribution in [0.2, 0.25) is 0 Å². The number of benzene rings is 3. The van der Waals surface area contributed by atoms with Crippen LogP contribution in [0.4, 0.5) is 5.69 Å². The zero-order chi connectivity index (χ0) is 21.0. The van der Waals surface area contributed by atoms with Gasteiger partial charge in [0.25, 0.3) is 10.0 Å². The fourth-order valence-corrected chi connectivity index (χ4v) is 4.87. The summed E-state index contributed by atoms with van der Waals surface area (Å²) in [5.41, 5.74) is 2.56. The normalized spacial score (nSPS) is 12.3. The second-order valence-corrected chi connectivity index (χ2v) is 8.58. The Morgan fingerprint density at radius 2 is 1.38 bits per heavy atom. The minimum Gasteiger partial charge on any atom is -0.497 e. The first-order valence-electron chi connectivity index (χ1n) is 9.26. The lowest BCUT2D eigenvalue weighted by atomic mass is 10.1. The van der Waals surface area contributed by atoms with Crippen LogP contribution in [0.1, 0.15) is 24.1 Å². The third-order valence-electron chi connectivity index (χ3n) is 4.82. The Balaban J connectivity index is 2.12. The van der Waals surface area contributed by atoms with E-state index in [2.05, 4.69) is 0 Å². The van der Waals surface area contributed by atoms with E-state index < -0.39 is 16.1 Å². The zero-order valence-corrected chi connectivity index (χ0v) is 17.8. The largest absolute Gasteiger partial charge is 0.497 e. The van der Waals surface area contributed by atoms with E-state index in [1.54, 1.807) is 62.8 Å². The van der Waals surface area contributed by atoms with E-state index in [0.29, 0.717) is 17.2 Å². The molecule has 0 aliphatic heterocycles. The van der Waals surface area contributed by atoms with Gasteiger partial charge in [-0.25, -0.2) is 8.42 Å². The van der Waals surface area contributed by atoms with Gasteiger partial charge in [-0.3, -0.25) is 4.31 Å². The number of ether oxygens (including phenoxy) is 2. The molecule has 0 saturated carbocycles. The SMILES string of the molecule is COc1ccc(N(C(C)c2cccc(C)c2)S(=O)(=O)c2ccc(OC)cc2)cc1. The maximum absolute atomic E-state index is 13.6. The molecule has 0 N–H and O–H groups in total. The molecule has 0 amide bonds. The van der Waals surface area contributed by atoms with Crippen LogP contribution >= 0.6 is 0 Å². The molecule has 0 aliphatic rings. The van der Waals surface area contributed by atoms with E-state index in [0.717, 1.165) is 11.1 Å². The van der Waals surface area contributed by atoms with Gasteiger partial charge in [0, 0.05) is 0 Å².